The molecule has 2 nitrogen and oxygen atoms in total. The molecule has 0 N–H and O–H groups in total. The number of rotatable bonds is 1. The molecule has 0 unspecified atom stereocenters. The van der Waals surface area contributed by atoms with E-state index in [0.29, 0.717) is 5.54 Å². The van der Waals surface area contributed by atoms with Crippen LogP contribution in [0.3, 0.4) is 0 Å². The van der Waals surface area contributed by atoms with Crippen LogP contribution in [0.1, 0.15) is 34.1 Å². The van der Waals surface area contributed by atoms with Crippen molar-refractivity contribution >= 4 is 0 Å². The van der Waals surface area contributed by atoms with Crippen LogP contribution in [0.15, 0.2) is 0 Å². The maximum Gasteiger partial charge on any atom is 0.0235 e. The lowest BCUT2D eigenvalue weighted by Crippen LogP contribution is -2.52. The van der Waals surface area contributed by atoms with Gasteiger partial charge in [0, 0.05) is 37.8 Å². The predicted molar refractivity (Wildman–Crippen MR) is 60.5 cm³/mol. The Hall–Kier alpha value is -0.0800. The Bertz CT molecular complexity index is 201. The predicted octanol–water partition coefficient (Wildman–Crippen LogP) is 1.81. The zero-order valence-corrected chi connectivity index (χ0v) is 10.1. The third-order valence-electron chi connectivity index (χ3n) is 3.72. The van der Waals surface area contributed by atoms with Crippen molar-refractivity contribution < 1.29 is 0 Å². The average Bonchev–Trinajstić information content (AvgIpc) is 2.45. The Kier molecular flexibility index (Phi) is 2.61. The second-order valence-corrected chi connectivity index (χ2v) is 6.12. The standard InChI is InChI=1S/C12H24N2/c1-10-7-13(8-10)11-5-6-14(9-11)12(2,3)4/h10-11H,5-9H2,1-4H3/t11-/m1/s1. The van der Waals surface area contributed by atoms with Gasteiger partial charge in [0.15, 0.2) is 0 Å². The quantitative estimate of drug-likeness (QED) is 0.631. The minimum atomic E-state index is 0.366. The van der Waals surface area contributed by atoms with E-state index in [1.165, 1.54) is 32.6 Å². The van der Waals surface area contributed by atoms with E-state index in [9.17, 15) is 0 Å². The highest BCUT2D eigenvalue weighted by molar-refractivity contribution is 4.93. The molecule has 0 aromatic rings. The zero-order chi connectivity index (χ0) is 10.3. The Labute approximate surface area is 88.3 Å². The third-order valence-corrected chi connectivity index (χ3v) is 3.72. The van der Waals surface area contributed by atoms with Gasteiger partial charge in [-0.15, -0.1) is 0 Å². The number of hydrogen-bond acceptors (Lipinski definition) is 2. The lowest BCUT2D eigenvalue weighted by molar-refractivity contribution is 0.0582. The fourth-order valence-electron chi connectivity index (χ4n) is 2.69. The molecule has 2 aliphatic heterocycles. The largest absolute Gasteiger partial charge is 0.298 e. The maximum atomic E-state index is 2.66. The summed E-state index contributed by atoms with van der Waals surface area (Å²) in [6.07, 6.45) is 1.38. The molecule has 2 fully saturated rings. The molecule has 0 radical (unpaired) electrons. The van der Waals surface area contributed by atoms with E-state index in [0.717, 1.165) is 12.0 Å². The Balaban J connectivity index is 1.83. The van der Waals surface area contributed by atoms with Gasteiger partial charge in [-0.05, 0) is 33.1 Å². The third kappa shape index (κ3) is 1.96. The molecular weight excluding hydrogens is 172 g/mol. The first-order valence-corrected chi connectivity index (χ1v) is 5.96. The number of hydrogen-bond donors (Lipinski definition) is 0. The first-order valence-electron chi connectivity index (χ1n) is 5.96. The van der Waals surface area contributed by atoms with Gasteiger partial charge in [0.05, 0.1) is 0 Å². The van der Waals surface area contributed by atoms with Gasteiger partial charge in [0.1, 0.15) is 0 Å². The normalized spacial score (nSPS) is 32.1. The van der Waals surface area contributed by atoms with Crippen molar-refractivity contribution in [1.82, 2.24) is 9.80 Å². The zero-order valence-electron chi connectivity index (χ0n) is 10.1. The van der Waals surface area contributed by atoms with Gasteiger partial charge >= 0.3 is 0 Å². The summed E-state index contributed by atoms with van der Waals surface area (Å²) in [5.41, 5.74) is 0.366. The smallest absolute Gasteiger partial charge is 0.0235 e. The first-order chi connectivity index (χ1) is 6.47. The van der Waals surface area contributed by atoms with Crippen LogP contribution in [0, 0.1) is 5.92 Å². The Morgan fingerprint density at radius 3 is 2.14 bits per heavy atom. The van der Waals surface area contributed by atoms with E-state index in [1.807, 2.05) is 0 Å². The van der Waals surface area contributed by atoms with Gasteiger partial charge < -0.3 is 0 Å². The molecule has 0 bridgehead atoms. The van der Waals surface area contributed by atoms with Crippen LogP contribution in [0.4, 0.5) is 0 Å². The van der Waals surface area contributed by atoms with Crippen LogP contribution in [0.2, 0.25) is 0 Å². The SMILES string of the molecule is CC1CN([C@@H]2CCN(C(C)(C)C)C2)C1. The van der Waals surface area contributed by atoms with E-state index in [4.69, 9.17) is 0 Å². The molecule has 2 heteroatoms. The monoisotopic (exact) mass is 196 g/mol. The fourth-order valence-corrected chi connectivity index (χ4v) is 2.69. The van der Waals surface area contributed by atoms with E-state index in [2.05, 4.69) is 37.5 Å². The number of nitrogens with zero attached hydrogens (tertiary/aromatic N) is 2. The average molecular weight is 196 g/mol. The van der Waals surface area contributed by atoms with Crippen LogP contribution in [0.25, 0.3) is 0 Å². The summed E-state index contributed by atoms with van der Waals surface area (Å²) in [6, 6.07) is 0.852. The van der Waals surface area contributed by atoms with Gasteiger partial charge in [0.25, 0.3) is 0 Å². The topological polar surface area (TPSA) is 6.48 Å². The van der Waals surface area contributed by atoms with Crippen molar-refractivity contribution in [1.29, 1.82) is 0 Å². The molecule has 2 heterocycles. The summed E-state index contributed by atoms with van der Waals surface area (Å²) in [6.45, 7) is 14.6. The van der Waals surface area contributed by atoms with E-state index < -0.39 is 0 Å². The van der Waals surface area contributed by atoms with Gasteiger partial charge in [-0.1, -0.05) is 6.92 Å². The van der Waals surface area contributed by atoms with Crippen LogP contribution >= 0.6 is 0 Å². The fraction of sp³-hybridized carbons (Fsp3) is 1.00. The van der Waals surface area contributed by atoms with Crippen molar-refractivity contribution in [3.63, 3.8) is 0 Å². The van der Waals surface area contributed by atoms with Gasteiger partial charge in [0.2, 0.25) is 0 Å². The minimum Gasteiger partial charge on any atom is -0.298 e. The lowest BCUT2D eigenvalue weighted by atomic mass is 9.99. The summed E-state index contributed by atoms with van der Waals surface area (Å²) in [5, 5.41) is 0. The lowest BCUT2D eigenvalue weighted by Gasteiger charge is -2.42. The summed E-state index contributed by atoms with van der Waals surface area (Å²) in [5.74, 6) is 0.943. The molecular formula is C12H24N2. The molecule has 0 aliphatic carbocycles. The molecule has 0 aromatic heterocycles. The van der Waals surface area contributed by atoms with Crippen molar-refractivity contribution in [3.8, 4) is 0 Å². The second kappa shape index (κ2) is 3.49. The van der Waals surface area contributed by atoms with Crippen molar-refractivity contribution in [3.05, 3.63) is 0 Å². The maximum absolute atomic E-state index is 2.66. The molecule has 0 amide bonds. The second-order valence-electron chi connectivity index (χ2n) is 6.12. The summed E-state index contributed by atoms with van der Waals surface area (Å²) < 4.78 is 0. The molecule has 2 aliphatic rings. The molecule has 82 valence electrons. The van der Waals surface area contributed by atoms with Crippen LogP contribution < -0.4 is 0 Å². The summed E-state index contributed by atoms with van der Waals surface area (Å²) in [4.78, 5) is 5.29. The van der Waals surface area contributed by atoms with Crippen molar-refractivity contribution in [2.24, 2.45) is 5.92 Å². The molecule has 14 heavy (non-hydrogen) atoms. The highest BCUT2D eigenvalue weighted by Gasteiger charge is 2.36. The molecule has 0 saturated carbocycles. The molecule has 0 aromatic carbocycles. The van der Waals surface area contributed by atoms with Crippen LogP contribution in [-0.2, 0) is 0 Å². The highest BCUT2D eigenvalue weighted by atomic mass is 15.3. The molecule has 2 saturated heterocycles. The van der Waals surface area contributed by atoms with E-state index in [1.54, 1.807) is 0 Å². The highest BCUT2D eigenvalue weighted by Crippen LogP contribution is 2.27. The summed E-state index contributed by atoms with van der Waals surface area (Å²) >= 11 is 0. The molecule has 1 atom stereocenters. The number of likely N-dealkylation sites (tertiary alicyclic amines) is 2. The van der Waals surface area contributed by atoms with Crippen molar-refractivity contribution in [2.75, 3.05) is 26.2 Å². The van der Waals surface area contributed by atoms with Crippen LogP contribution in [0.5, 0.6) is 0 Å². The van der Waals surface area contributed by atoms with Gasteiger partial charge in [-0.3, -0.25) is 9.80 Å². The van der Waals surface area contributed by atoms with Crippen molar-refractivity contribution in [2.45, 2.75) is 45.7 Å². The summed E-state index contributed by atoms with van der Waals surface area (Å²) in [7, 11) is 0. The first kappa shape index (κ1) is 10.4. The van der Waals surface area contributed by atoms with Crippen LogP contribution in [-0.4, -0.2) is 47.6 Å². The van der Waals surface area contributed by atoms with E-state index in [-0.39, 0.29) is 0 Å². The molecule has 0 spiro atoms. The minimum absolute atomic E-state index is 0.366. The van der Waals surface area contributed by atoms with E-state index >= 15 is 0 Å². The van der Waals surface area contributed by atoms with Gasteiger partial charge in [-0.25, -0.2) is 0 Å². The molecule has 2 rings (SSSR count). The van der Waals surface area contributed by atoms with Gasteiger partial charge in [-0.2, -0.15) is 0 Å². The Morgan fingerprint density at radius 1 is 1.07 bits per heavy atom. The Morgan fingerprint density at radius 2 is 1.71 bits per heavy atom.